The molecule has 0 N–H and O–H groups in total. The Bertz CT molecular complexity index is 1280. The quantitative estimate of drug-likeness (QED) is 0.406. The van der Waals surface area contributed by atoms with Crippen molar-refractivity contribution in [3.63, 3.8) is 0 Å². The Morgan fingerprint density at radius 1 is 1.16 bits per heavy atom. The van der Waals surface area contributed by atoms with E-state index in [0.717, 1.165) is 12.1 Å². The second-order valence-corrected chi connectivity index (χ2v) is 6.60. The zero-order valence-corrected chi connectivity index (χ0v) is 18.4. The summed E-state index contributed by atoms with van der Waals surface area (Å²) in [4.78, 5) is 20.7. The molecule has 0 fully saturated rings. The molecule has 4 aromatic rings. The number of nitrogens with zero attached hydrogens (tertiary/aromatic N) is 6. The summed E-state index contributed by atoms with van der Waals surface area (Å²) in [6.07, 6.45) is 4.31. The molecule has 9 nitrogen and oxygen atoms in total. The lowest BCUT2D eigenvalue weighted by molar-refractivity contribution is 0.0526. The van der Waals surface area contributed by atoms with Crippen molar-refractivity contribution >= 4 is 30.5 Å². The van der Waals surface area contributed by atoms with E-state index >= 15 is 0 Å². The largest absolute Gasteiger partial charge is 0.479 e. The number of halogens is 2. The van der Waals surface area contributed by atoms with Gasteiger partial charge in [-0.25, -0.2) is 23.2 Å². The molecule has 0 spiro atoms. The second kappa shape index (κ2) is 9.30. The number of hydrogen-bond acceptors (Lipinski definition) is 7. The number of carbonyl (C=O) groups excluding carboxylic acids is 1. The molecule has 0 saturated carbocycles. The number of esters is 1. The van der Waals surface area contributed by atoms with Gasteiger partial charge in [-0.05, 0) is 31.5 Å². The number of benzene rings is 1. The van der Waals surface area contributed by atoms with Crippen LogP contribution < -0.4 is 4.74 Å². The van der Waals surface area contributed by atoms with Crippen LogP contribution in [0, 0.1) is 11.6 Å². The SMILES string of the molecule is CCOC(=O)c1cnn(-c2nc(OC)c3c(cnn3[C@@H](C)c3ccc(F)c(F)c3)n2)c1.S. The Kier molecular flexibility index (Phi) is 6.72. The van der Waals surface area contributed by atoms with E-state index in [1.54, 1.807) is 18.5 Å². The minimum atomic E-state index is -0.942. The molecule has 1 aromatic carbocycles. The van der Waals surface area contributed by atoms with Crippen LogP contribution in [0.2, 0.25) is 0 Å². The normalized spacial score (nSPS) is 11.8. The van der Waals surface area contributed by atoms with Crippen molar-refractivity contribution in [3.8, 4) is 11.8 Å². The van der Waals surface area contributed by atoms with Gasteiger partial charge in [0.2, 0.25) is 5.88 Å². The van der Waals surface area contributed by atoms with Gasteiger partial charge in [0.15, 0.2) is 11.6 Å². The van der Waals surface area contributed by atoms with Crippen molar-refractivity contribution in [1.29, 1.82) is 0 Å². The van der Waals surface area contributed by atoms with Crippen molar-refractivity contribution in [2.24, 2.45) is 0 Å². The molecule has 0 unspecified atom stereocenters. The molecule has 1 atom stereocenters. The summed E-state index contributed by atoms with van der Waals surface area (Å²) in [6.45, 7) is 3.74. The molecule has 0 aliphatic heterocycles. The highest BCUT2D eigenvalue weighted by Crippen LogP contribution is 2.29. The average molecular weight is 462 g/mol. The predicted octanol–water partition coefficient (Wildman–Crippen LogP) is 3.20. The standard InChI is InChI=1S/C20H18F2N6O3.H2S/c1-4-31-19(29)13-8-23-27(10-13)20-25-16-9-24-28(17(16)18(26-20)30-3)11(2)12-5-6-14(21)15(22)7-12;/h5-11H,4H2,1-3H3;1H2/t11-;/m0./s1. The van der Waals surface area contributed by atoms with Crippen LogP contribution in [0.5, 0.6) is 5.88 Å². The highest BCUT2D eigenvalue weighted by molar-refractivity contribution is 7.59. The minimum Gasteiger partial charge on any atom is -0.479 e. The van der Waals surface area contributed by atoms with Gasteiger partial charge in [0.25, 0.3) is 5.95 Å². The number of rotatable bonds is 6. The minimum absolute atomic E-state index is 0. The summed E-state index contributed by atoms with van der Waals surface area (Å²) < 4.78 is 40.3. The average Bonchev–Trinajstić information content (AvgIpc) is 3.42. The number of carbonyl (C=O) groups is 1. The van der Waals surface area contributed by atoms with Gasteiger partial charge in [0, 0.05) is 6.20 Å². The molecule has 3 aromatic heterocycles. The highest BCUT2D eigenvalue weighted by atomic mass is 32.1. The van der Waals surface area contributed by atoms with Crippen LogP contribution >= 0.6 is 13.5 Å². The first kappa shape index (κ1) is 23.1. The molecule has 0 saturated heterocycles. The van der Waals surface area contributed by atoms with Crippen molar-refractivity contribution in [1.82, 2.24) is 29.5 Å². The fourth-order valence-corrected chi connectivity index (χ4v) is 3.12. The first-order chi connectivity index (χ1) is 14.9. The zero-order valence-electron chi connectivity index (χ0n) is 17.4. The molecular weight excluding hydrogens is 442 g/mol. The molecular formula is C20H20F2N6O3S. The van der Waals surface area contributed by atoms with Crippen LogP contribution in [-0.4, -0.2) is 49.2 Å². The van der Waals surface area contributed by atoms with E-state index in [9.17, 15) is 13.6 Å². The fraction of sp³-hybridized carbons (Fsp3) is 0.250. The summed E-state index contributed by atoms with van der Waals surface area (Å²) >= 11 is 0. The lowest BCUT2D eigenvalue weighted by Gasteiger charge is -2.15. The zero-order chi connectivity index (χ0) is 22.1. The second-order valence-electron chi connectivity index (χ2n) is 6.60. The maximum absolute atomic E-state index is 13.7. The first-order valence-corrected chi connectivity index (χ1v) is 9.39. The Balaban J connectivity index is 0.00000289. The molecule has 168 valence electrons. The Morgan fingerprint density at radius 2 is 1.94 bits per heavy atom. The van der Waals surface area contributed by atoms with Crippen LogP contribution in [0.3, 0.4) is 0 Å². The summed E-state index contributed by atoms with van der Waals surface area (Å²) in [5.74, 6) is -1.99. The van der Waals surface area contributed by atoms with Gasteiger partial charge in [-0.1, -0.05) is 6.07 Å². The Hall–Kier alpha value is -3.54. The van der Waals surface area contributed by atoms with E-state index in [1.807, 2.05) is 0 Å². The van der Waals surface area contributed by atoms with Crippen molar-refractivity contribution < 1.29 is 23.0 Å². The van der Waals surface area contributed by atoms with E-state index in [2.05, 4.69) is 20.2 Å². The summed E-state index contributed by atoms with van der Waals surface area (Å²) in [5.41, 5.74) is 1.69. The van der Waals surface area contributed by atoms with Crippen LogP contribution in [-0.2, 0) is 4.74 Å². The van der Waals surface area contributed by atoms with E-state index in [1.165, 1.54) is 36.4 Å². The van der Waals surface area contributed by atoms with Crippen LogP contribution in [0.25, 0.3) is 17.0 Å². The van der Waals surface area contributed by atoms with Gasteiger partial charge in [0.05, 0.1) is 37.7 Å². The number of hydrogen-bond donors (Lipinski definition) is 0. The van der Waals surface area contributed by atoms with Gasteiger partial charge in [-0.3, -0.25) is 4.68 Å². The van der Waals surface area contributed by atoms with Crippen LogP contribution in [0.15, 0.2) is 36.8 Å². The number of ether oxygens (including phenoxy) is 2. The van der Waals surface area contributed by atoms with Crippen molar-refractivity contribution in [2.75, 3.05) is 13.7 Å². The molecule has 0 amide bonds. The van der Waals surface area contributed by atoms with Gasteiger partial charge in [-0.15, -0.1) is 0 Å². The molecule has 0 aliphatic rings. The maximum atomic E-state index is 13.7. The molecule has 0 radical (unpaired) electrons. The number of methoxy groups -OCH3 is 1. The third-order valence-electron chi connectivity index (χ3n) is 4.69. The van der Waals surface area contributed by atoms with E-state index < -0.39 is 23.6 Å². The van der Waals surface area contributed by atoms with Crippen molar-refractivity contribution in [3.05, 3.63) is 59.6 Å². The monoisotopic (exact) mass is 462 g/mol. The molecule has 3 heterocycles. The van der Waals surface area contributed by atoms with Gasteiger partial charge < -0.3 is 9.47 Å². The van der Waals surface area contributed by atoms with E-state index in [0.29, 0.717) is 16.6 Å². The van der Waals surface area contributed by atoms with Gasteiger partial charge in [-0.2, -0.15) is 28.7 Å². The molecule has 32 heavy (non-hydrogen) atoms. The first-order valence-electron chi connectivity index (χ1n) is 9.39. The van der Waals surface area contributed by atoms with Crippen LogP contribution in [0.4, 0.5) is 8.78 Å². The van der Waals surface area contributed by atoms with Crippen LogP contribution in [0.1, 0.15) is 35.8 Å². The predicted molar refractivity (Wildman–Crippen MR) is 116 cm³/mol. The highest BCUT2D eigenvalue weighted by Gasteiger charge is 2.21. The summed E-state index contributed by atoms with van der Waals surface area (Å²) in [6, 6.07) is 3.22. The maximum Gasteiger partial charge on any atom is 0.341 e. The number of aromatic nitrogens is 6. The van der Waals surface area contributed by atoms with Crippen molar-refractivity contribution in [2.45, 2.75) is 19.9 Å². The molecule has 12 heteroatoms. The third kappa shape index (κ3) is 4.13. The molecule has 0 bridgehead atoms. The van der Waals surface area contributed by atoms with Gasteiger partial charge in [0.1, 0.15) is 11.0 Å². The number of fused-ring (bicyclic) bond motifs is 1. The van der Waals surface area contributed by atoms with E-state index in [4.69, 9.17) is 9.47 Å². The Labute approximate surface area is 188 Å². The summed E-state index contributed by atoms with van der Waals surface area (Å²) in [7, 11) is 1.44. The molecule has 0 aliphatic carbocycles. The lowest BCUT2D eigenvalue weighted by atomic mass is 10.1. The fourth-order valence-electron chi connectivity index (χ4n) is 3.12. The topological polar surface area (TPSA) is 97.0 Å². The lowest BCUT2D eigenvalue weighted by Crippen LogP contribution is -2.11. The van der Waals surface area contributed by atoms with Gasteiger partial charge >= 0.3 is 5.97 Å². The summed E-state index contributed by atoms with van der Waals surface area (Å²) in [5, 5.41) is 8.45. The molecule has 4 rings (SSSR count). The smallest absolute Gasteiger partial charge is 0.341 e. The Morgan fingerprint density at radius 3 is 2.62 bits per heavy atom. The van der Waals surface area contributed by atoms with E-state index in [-0.39, 0.29) is 37.5 Å². The third-order valence-corrected chi connectivity index (χ3v) is 4.69.